The fourth-order valence-corrected chi connectivity index (χ4v) is 2.85. The molecule has 8 heteroatoms. The van der Waals surface area contributed by atoms with Crippen molar-refractivity contribution in [2.24, 2.45) is 5.10 Å². The highest BCUT2D eigenvalue weighted by Gasteiger charge is 2.52. The topological polar surface area (TPSA) is 77.0 Å². The largest absolute Gasteiger partial charge is 0.349 e. The Balaban J connectivity index is 2.28. The average Bonchev–Trinajstić information content (AvgIpc) is 2.55. The number of anilines is 1. The van der Waals surface area contributed by atoms with Crippen molar-refractivity contribution >= 4 is 50.6 Å². The summed E-state index contributed by atoms with van der Waals surface area (Å²) in [6, 6.07) is 5.33. The molecule has 98 valence electrons. The highest BCUT2D eigenvalue weighted by atomic mass is 79.9. The predicted octanol–water partition coefficient (Wildman–Crippen LogP) is 0.643. The molecule has 1 aromatic carbocycles. The summed E-state index contributed by atoms with van der Waals surface area (Å²) in [5.74, 6) is -2.05. The van der Waals surface area contributed by atoms with E-state index in [0.717, 1.165) is 4.47 Å². The number of rotatable bonds is 0. The van der Waals surface area contributed by atoms with E-state index in [0.29, 0.717) is 17.0 Å². The summed E-state index contributed by atoms with van der Waals surface area (Å²) in [6.07, 6.45) is 0. The minimum absolute atomic E-state index is 0.157. The van der Waals surface area contributed by atoms with E-state index in [1.165, 1.54) is 11.8 Å². The Morgan fingerprint density at radius 1 is 1.58 bits per heavy atom. The molecule has 3 N–H and O–H groups in total. The first-order chi connectivity index (χ1) is 8.93. The number of carbonyl (C=O) groups excluding carboxylic acids is 1. The van der Waals surface area contributed by atoms with Crippen molar-refractivity contribution in [1.82, 2.24) is 10.7 Å². The number of amides is 1. The van der Waals surface area contributed by atoms with Gasteiger partial charge in [-0.1, -0.05) is 15.9 Å². The van der Waals surface area contributed by atoms with E-state index in [4.69, 9.17) is 12.2 Å². The van der Waals surface area contributed by atoms with Crippen molar-refractivity contribution in [1.29, 1.82) is 0 Å². The Hall–Kier alpha value is -1.51. The van der Waals surface area contributed by atoms with Gasteiger partial charge in [-0.2, -0.15) is 5.10 Å². The Morgan fingerprint density at radius 2 is 2.32 bits per heavy atom. The average molecular weight is 341 g/mol. The van der Waals surface area contributed by atoms with E-state index < -0.39 is 5.85 Å². The quantitative estimate of drug-likeness (QED) is 0.604. The second-order valence-corrected chi connectivity index (χ2v) is 5.54. The van der Waals surface area contributed by atoms with Gasteiger partial charge >= 0.3 is 0 Å². The van der Waals surface area contributed by atoms with Crippen LogP contribution in [0.15, 0.2) is 27.8 Å². The third-order valence-electron chi connectivity index (χ3n) is 2.98. The molecule has 19 heavy (non-hydrogen) atoms. The third-order valence-corrected chi connectivity index (χ3v) is 3.67. The Labute approximate surface area is 122 Å². The number of aliphatic hydroxyl groups is 1. The molecule has 0 radical (unpaired) electrons. The zero-order valence-corrected chi connectivity index (χ0v) is 12.2. The molecule has 2 aliphatic heterocycles. The Morgan fingerprint density at radius 3 is 3.00 bits per heavy atom. The molecule has 1 amide bonds. The molecule has 0 spiro atoms. The van der Waals surface area contributed by atoms with Crippen LogP contribution in [0, 0.1) is 0 Å². The lowest BCUT2D eigenvalue weighted by molar-refractivity contribution is -0.119. The van der Waals surface area contributed by atoms with Crippen LogP contribution in [0.3, 0.4) is 0 Å². The van der Waals surface area contributed by atoms with Crippen molar-refractivity contribution in [2.75, 3.05) is 4.90 Å². The Kier molecular flexibility index (Phi) is 2.63. The van der Waals surface area contributed by atoms with Gasteiger partial charge in [0.05, 0.1) is 5.69 Å². The summed E-state index contributed by atoms with van der Waals surface area (Å²) in [5.41, 5.74) is 4.15. The lowest BCUT2D eigenvalue weighted by atomic mass is 10.1. The van der Waals surface area contributed by atoms with E-state index in [2.05, 4.69) is 31.8 Å². The first-order valence-electron chi connectivity index (χ1n) is 5.43. The fraction of sp³-hybridized carbons (Fsp3) is 0.182. The summed E-state index contributed by atoms with van der Waals surface area (Å²) >= 11 is 8.30. The van der Waals surface area contributed by atoms with Gasteiger partial charge in [-0.3, -0.25) is 15.1 Å². The molecule has 2 heterocycles. The zero-order valence-electron chi connectivity index (χ0n) is 9.77. The van der Waals surface area contributed by atoms with Gasteiger partial charge in [-0.15, -0.1) is 0 Å². The molecule has 6 nitrogen and oxygen atoms in total. The summed E-state index contributed by atoms with van der Waals surface area (Å²) in [5, 5.41) is 17.6. The smallest absolute Gasteiger partial charge is 0.273 e. The van der Waals surface area contributed by atoms with Crippen LogP contribution in [0.2, 0.25) is 0 Å². The molecular formula is C11H9BrN4O2S. The standard InChI is InChI=1S/C11H9BrN4O2S/c1-5(17)16-8-3-2-6(12)4-7(8)9-11(16,18)13-10(19)15-14-9/h2-4,18H,1H3,(H2,13,15,19). The molecule has 0 aromatic heterocycles. The molecular weight excluding hydrogens is 332 g/mol. The van der Waals surface area contributed by atoms with E-state index in [9.17, 15) is 9.90 Å². The van der Waals surface area contributed by atoms with Crippen LogP contribution in [-0.4, -0.2) is 27.7 Å². The monoisotopic (exact) mass is 340 g/mol. The highest BCUT2D eigenvalue weighted by Crippen LogP contribution is 2.38. The van der Waals surface area contributed by atoms with Crippen LogP contribution in [0.5, 0.6) is 0 Å². The number of halogens is 1. The summed E-state index contributed by atoms with van der Waals surface area (Å²) < 4.78 is 0.829. The van der Waals surface area contributed by atoms with Crippen LogP contribution in [0.1, 0.15) is 12.5 Å². The number of thiocarbonyl (C=S) groups is 1. The van der Waals surface area contributed by atoms with Crippen LogP contribution in [-0.2, 0) is 4.79 Å². The van der Waals surface area contributed by atoms with Gasteiger partial charge < -0.3 is 10.4 Å². The lowest BCUT2D eigenvalue weighted by Gasteiger charge is -2.36. The molecule has 1 aromatic rings. The first-order valence-corrected chi connectivity index (χ1v) is 6.63. The number of nitrogens with zero attached hydrogens (tertiary/aromatic N) is 2. The lowest BCUT2D eigenvalue weighted by Crippen LogP contribution is -2.68. The van der Waals surface area contributed by atoms with Crippen molar-refractivity contribution in [3.8, 4) is 0 Å². The third kappa shape index (κ3) is 1.67. The minimum atomic E-state index is -1.74. The number of hydrazone groups is 1. The van der Waals surface area contributed by atoms with Crippen molar-refractivity contribution in [2.45, 2.75) is 12.8 Å². The second kappa shape index (κ2) is 3.99. The molecule has 0 saturated carbocycles. The molecule has 1 unspecified atom stereocenters. The number of benzene rings is 1. The van der Waals surface area contributed by atoms with E-state index in [1.807, 2.05) is 0 Å². The fourth-order valence-electron chi connectivity index (χ4n) is 2.30. The SMILES string of the molecule is CC(=O)N1c2ccc(Br)cc2C2=NNC(=S)NC21O. The maximum absolute atomic E-state index is 11.9. The van der Waals surface area contributed by atoms with Gasteiger partial charge in [0.1, 0.15) is 5.71 Å². The van der Waals surface area contributed by atoms with Crippen LogP contribution in [0.4, 0.5) is 5.69 Å². The van der Waals surface area contributed by atoms with Crippen molar-refractivity contribution in [3.63, 3.8) is 0 Å². The van der Waals surface area contributed by atoms with Crippen LogP contribution >= 0.6 is 28.1 Å². The molecule has 0 bridgehead atoms. The van der Waals surface area contributed by atoms with Gasteiger partial charge in [0.2, 0.25) is 5.91 Å². The molecule has 0 aliphatic carbocycles. The summed E-state index contributed by atoms with van der Waals surface area (Å²) in [6.45, 7) is 1.37. The van der Waals surface area contributed by atoms with Gasteiger partial charge in [-0.05, 0) is 30.4 Å². The minimum Gasteiger partial charge on any atom is -0.349 e. The van der Waals surface area contributed by atoms with Gasteiger partial charge in [-0.25, -0.2) is 0 Å². The van der Waals surface area contributed by atoms with E-state index >= 15 is 0 Å². The maximum atomic E-state index is 11.9. The van der Waals surface area contributed by atoms with Crippen molar-refractivity contribution in [3.05, 3.63) is 28.2 Å². The van der Waals surface area contributed by atoms with E-state index in [1.54, 1.807) is 18.2 Å². The number of fused-ring (bicyclic) bond motifs is 3. The number of hydrogen-bond donors (Lipinski definition) is 3. The Bertz CT molecular complexity index is 648. The van der Waals surface area contributed by atoms with Gasteiger partial charge in [0.15, 0.2) is 5.11 Å². The second-order valence-electron chi connectivity index (χ2n) is 4.21. The number of nitrogens with one attached hydrogen (secondary N) is 2. The maximum Gasteiger partial charge on any atom is 0.273 e. The normalized spacial score (nSPS) is 24.1. The van der Waals surface area contributed by atoms with Gasteiger partial charge in [0, 0.05) is 17.0 Å². The highest BCUT2D eigenvalue weighted by molar-refractivity contribution is 9.10. The zero-order chi connectivity index (χ0) is 13.8. The molecule has 0 fully saturated rings. The first kappa shape index (κ1) is 12.5. The predicted molar refractivity (Wildman–Crippen MR) is 77.7 cm³/mol. The molecule has 2 aliphatic rings. The number of carbonyl (C=O) groups is 1. The van der Waals surface area contributed by atoms with Crippen LogP contribution in [0.25, 0.3) is 0 Å². The molecule has 0 saturated heterocycles. The molecule has 1 atom stereocenters. The summed E-state index contributed by atoms with van der Waals surface area (Å²) in [7, 11) is 0. The summed E-state index contributed by atoms with van der Waals surface area (Å²) in [4.78, 5) is 13.1. The van der Waals surface area contributed by atoms with E-state index in [-0.39, 0.29) is 11.0 Å². The van der Waals surface area contributed by atoms with Gasteiger partial charge in [0.25, 0.3) is 5.85 Å². The van der Waals surface area contributed by atoms with Crippen LogP contribution < -0.4 is 15.6 Å². The molecule has 3 rings (SSSR count). The number of hydrogen-bond acceptors (Lipinski definition) is 4. The van der Waals surface area contributed by atoms with Crippen molar-refractivity contribution < 1.29 is 9.90 Å².